The van der Waals surface area contributed by atoms with Gasteiger partial charge >= 0.3 is 0 Å². The first-order valence-electron chi connectivity index (χ1n) is 5.92. The smallest absolute Gasteiger partial charge is 0.250 e. The average Bonchev–Trinajstić information content (AvgIpc) is 2.94. The highest BCUT2D eigenvalue weighted by atomic mass is 35.5. The van der Waals surface area contributed by atoms with Crippen LogP contribution in [0, 0.1) is 0 Å². The van der Waals surface area contributed by atoms with Crippen molar-refractivity contribution in [2.24, 2.45) is 5.10 Å². The van der Waals surface area contributed by atoms with Crippen LogP contribution in [0.2, 0.25) is 5.02 Å². The highest BCUT2D eigenvalue weighted by molar-refractivity contribution is 7.99. The van der Waals surface area contributed by atoms with Gasteiger partial charge in [-0.3, -0.25) is 4.79 Å². The topological polar surface area (TPSA) is 41.5 Å². The van der Waals surface area contributed by atoms with E-state index in [0.717, 1.165) is 15.5 Å². The highest BCUT2D eigenvalue weighted by Gasteiger charge is 2.03. The van der Waals surface area contributed by atoms with E-state index in [1.54, 1.807) is 17.6 Å². The molecule has 0 fully saturated rings. The monoisotopic (exact) mass is 324 g/mol. The number of thioether (sulfide) groups is 1. The molecular weight excluding hydrogens is 312 g/mol. The van der Waals surface area contributed by atoms with Crippen LogP contribution in [0.5, 0.6) is 0 Å². The average molecular weight is 325 g/mol. The summed E-state index contributed by atoms with van der Waals surface area (Å²) in [4.78, 5) is 12.6. The molecule has 0 atom stereocenters. The van der Waals surface area contributed by atoms with E-state index in [9.17, 15) is 4.79 Å². The summed E-state index contributed by atoms with van der Waals surface area (Å²) in [5, 5.41) is 6.60. The number of rotatable bonds is 6. The lowest BCUT2D eigenvalue weighted by Crippen LogP contribution is -2.19. The van der Waals surface area contributed by atoms with Crippen molar-refractivity contribution in [1.29, 1.82) is 0 Å². The summed E-state index contributed by atoms with van der Waals surface area (Å²) >= 11 is 9.12. The van der Waals surface area contributed by atoms with Gasteiger partial charge < -0.3 is 0 Å². The number of nitrogens with one attached hydrogen (secondary N) is 1. The summed E-state index contributed by atoms with van der Waals surface area (Å²) in [6.07, 6.45) is 1.64. The second kappa shape index (κ2) is 8.09. The molecule has 0 saturated heterocycles. The SMILES string of the molecule is O=C(CSCc1ccccc1Cl)N/N=C\c1cccs1. The molecule has 0 saturated carbocycles. The number of hydrogen-bond donors (Lipinski definition) is 1. The molecule has 0 aliphatic carbocycles. The largest absolute Gasteiger partial charge is 0.272 e. The van der Waals surface area contributed by atoms with E-state index in [0.29, 0.717) is 11.5 Å². The number of carbonyl (C=O) groups is 1. The number of hydrogen-bond acceptors (Lipinski definition) is 4. The highest BCUT2D eigenvalue weighted by Crippen LogP contribution is 2.20. The Labute approximate surface area is 131 Å². The molecule has 1 aromatic heterocycles. The number of thiophene rings is 1. The Morgan fingerprint density at radius 3 is 2.95 bits per heavy atom. The maximum Gasteiger partial charge on any atom is 0.250 e. The third-order valence-corrected chi connectivity index (χ3v) is 4.53. The van der Waals surface area contributed by atoms with E-state index in [2.05, 4.69) is 10.5 Å². The molecule has 20 heavy (non-hydrogen) atoms. The van der Waals surface area contributed by atoms with Crippen molar-refractivity contribution in [3.63, 3.8) is 0 Å². The Bertz CT molecular complexity index is 585. The fraction of sp³-hybridized carbons (Fsp3) is 0.143. The number of amides is 1. The summed E-state index contributed by atoms with van der Waals surface area (Å²) in [6, 6.07) is 11.5. The summed E-state index contributed by atoms with van der Waals surface area (Å²) < 4.78 is 0. The second-order valence-electron chi connectivity index (χ2n) is 3.89. The van der Waals surface area contributed by atoms with Gasteiger partial charge in [0.15, 0.2) is 0 Å². The number of halogens is 1. The minimum atomic E-state index is -0.116. The van der Waals surface area contributed by atoms with E-state index in [1.165, 1.54) is 11.8 Å². The van der Waals surface area contributed by atoms with Crippen molar-refractivity contribution in [1.82, 2.24) is 5.43 Å². The lowest BCUT2D eigenvalue weighted by molar-refractivity contribution is -0.118. The molecule has 2 rings (SSSR count). The molecule has 0 radical (unpaired) electrons. The molecule has 0 aliphatic heterocycles. The summed E-state index contributed by atoms with van der Waals surface area (Å²) in [5.41, 5.74) is 3.54. The zero-order chi connectivity index (χ0) is 14.2. The zero-order valence-corrected chi connectivity index (χ0v) is 13.0. The van der Waals surface area contributed by atoms with E-state index in [1.807, 2.05) is 41.8 Å². The maximum atomic E-state index is 11.6. The molecule has 0 unspecified atom stereocenters. The molecule has 104 valence electrons. The number of carbonyl (C=O) groups excluding carboxylic acids is 1. The Morgan fingerprint density at radius 2 is 2.20 bits per heavy atom. The molecular formula is C14H13ClN2OS2. The molecule has 1 N–H and O–H groups in total. The van der Waals surface area contributed by atoms with Crippen LogP contribution in [-0.2, 0) is 10.5 Å². The Balaban J connectivity index is 1.69. The van der Waals surface area contributed by atoms with Crippen molar-refractivity contribution < 1.29 is 4.79 Å². The normalized spacial score (nSPS) is 10.8. The Kier molecular flexibility index (Phi) is 6.11. The van der Waals surface area contributed by atoms with Gasteiger partial charge in [0.05, 0.1) is 12.0 Å². The van der Waals surface area contributed by atoms with E-state index in [-0.39, 0.29) is 5.91 Å². The van der Waals surface area contributed by atoms with Gasteiger partial charge in [0.2, 0.25) is 5.91 Å². The van der Waals surface area contributed by atoms with Crippen molar-refractivity contribution >= 4 is 46.8 Å². The first kappa shape index (κ1) is 15.1. The van der Waals surface area contributed by atoms with Crippen molar-refractivity contribution in [2.75, 3.05) is 5.75 Å². The predicted octanol–water partition coefficient (Wildman–Crippen LogP) is 3.79. The fourth-order valence-corrected chi connectivity index (χ4v) is 3.12. The standard InChI is InChI=1S/C14H13ClN2OS2/c15-13-6-2-1-4-11(13)9-19-10-14(18)17-16-8-12-5-3-7-20-12/h1-8H,9-10H2,(H,17,18)/b16-8-. The summed E-state index contributed by atoms with van der Waals surface area (Å²) in [7, 11) is 0. The van der Waals surface area contributed by atoms with Crippen LogP contribution in [-0.4, -0.2) is 17.9 Å². The van der Waals surface area contributed by atoms with Gasteiger partial charge in [0.1, 0.15) is 0 Å². The van der Waals surface area contributed by atoms with Crippen molar-refractivity contribution in [3.8, 4) is 0 Å². The second-order valence-corrected chi connectivity index (χ2v) is 6.26. The van der Waals surface area contributed by atoms with Crippen molar-refractivity contribution in [3.05, 3.63) is 57.2 Å². The lowest BCUT2D eigenvalue weighted by atomic mass is 10.2. The minimum Gasteiger partial charge on any atom is -0.272 e. The van der Waals surface area contributed by atoms with Gasteiger partial charge in [0.25, 0.3) is 0 Å². The van der Waals surface area contributed by atoms with Gasteiger partial charge in [-0.25, -0.2) is 5.43 Å². The number of benzene rings is 1. The quantitative estimate of drug-likeness (QED) is 0.649. The number of nitrogens with zero attached hydrogens (tertiary/aromatic N) is 1. The lowest BCUT2D eigenvalue weighted by Gasteiger charge is -2.03. The van der Waals surface area contributed by atoms with Crippen LogP contribution in [0.4, 0.5) is 0 Å². The molecule has 1 heterocycles. The molecule has 2 aromatic rings. The molecule has 3 nitrogen and oxygen atoms in total. The molecule has 0 bridgehead atoms. The summed E-state index contributed by atoms with van der Waals surface area (Å²) in [6.45, 7) is 0. The van der Waals surface area contributed by atoms with Crippen LogP contribution in [0.1, 0.15) is 10.4 Å². The van der Waals surface area contributed by atoms with Gasteiger partial charge in [-0.2, -0.15) is 5.10 Å². The van der Waals surface area contributed by atoms with Crippen LogP contribution in [0.3, 0.4) is 0 Å². The maximum absolute atomic E-state index is 11.6. The van der Waals surface area contributed by atoms with Crippen LogP contribution < -0.4 is 5.43 Å². The van der Waals surface area contributed by atoms with E-state index in [4.69, 9.17) is 11.6 Å². The van der Waals surface area contributed by atoms with Crippen LogP contribution >= 0.6 is 34.7 Å². The molecule has 0 spiro atoms. The van der Waals surface area contributed by atoms with Crippen LogP contribution in [0.15, 0.2) is 46.9 Å². The molecule has 0 aliphatic rings. The van der Waals surface area contributed by atoms with Gasteiger partial charge in [-0.1, -0.05) is 35.9 Å². The third kappa shape index (κ3) is 5.00. The Morgan fingerprint density at radius 1 is 1.35 bits per heavy atom. The fourth-order valence-electron chi connectivity index (χ4n) is 1.43. The first-order chi connectivity index (χ1) is 9.75. The zero-order valence-electron chi connectivity index (χ0n) is 10.6. The molecule has 1 amide bonds. The van der Waals surface area contributed by atoms with Crippen molar-refractivity contribution in [2.45, 2.75) is 5.75 Å². The molecule has 1 aromatic carbocycles. The third-order valence-electron chi connectivity index (χ3n) is 2.37. The van der Waals surface area contributed by atoms with Gasteiger partial charge in [0, 0.05) is 15.7 Å². The Hall–Kier alpha value is -1.30. The molecule has 6 heteroatoms. The van der Waals surface area contributed by atoms with Gasteiger partial charge in [-0.15, -0.1) is 23.1 Å². The van der Waals surface area contributed by atoms with Crippen LogP contribution in [0.25, 0.3) is 0 Å². The minimum absolute atomic E-state index is 0.116. The van der Waals surface area contributed by atoms with Gasteiger partial charge in [-0.05, 0) is 23.1 Å². The first-order valence-corrected chi connectivity index (χ1v) is 8.33. The predicted molar refractivity (Wildman–Crippen MR) is 87.7 cm³/mol. The number of hydrazone groups is 1. The van der Waals surface area contributed by atoms with E-state index >= 15 is 0 Å². The summed E-state index contributed by atoms with van der Waals surface area (Å²) in [5.74, 6) is 0.948. The van der Waals surface area contributed by atoms with E-state index < -0.39 is 0 Å².